The molecule has 0 N–H and O–H groups in total. The average Bonchev–Trinajstić information content (AvgIpc) is 2.33. The van der Waals surface area contributed by atoms with Gasteiger partial charge < -0.3 is 0 Å². The van der Waals surface area contributed by atoms with Crippen molar-refractivity contribution in [2.24, 2.45) is 17.3 Å². The number of hydrogen-bond donors (Lipinski definition) is 0. The van der Waals surface area contributed by atoms with E-state index >= 15 is 0 Å². The molecule has 0 aliphatic heterocycles. The van der Waals surface area contributed by atoms with Crippen LogP contribution < -0.4 is 0 Å². The fourth-order valence-corrected chi connectivity index (χ4v) is 2.05. The van der Waals surface area contributed by atoms with E-state index in [1.165, 1.54) is 11.5 Å². The van der Waals surface area contributed by atoms with Gasteiger partial charge in [0.15, 0.2) is 0 Å². The van der Waals surface area contributed by atoms with Crippen molar-refractivity contribution in [2.75, 3.05) is 0 Å². The first-order valence-electron chi connectivity index (χ1n) is 8.17. The smallest absolute Gasteiger partial charge is 0.0817 e. The largest absolute Gasteiger partial charge is 0.0921 e. The van der Waals surface area contributed by atoms with E-state index in [9.17, 15) is 0 Å². The van der Waals surface area contributed by atoms with Crippen LogP contribution >= 0.6 is 0 Å². The number of allylic oxidation sites excluding steroid dienone is 8. The van der Waals surface area contributed by atoms with Gasteiger partial charge in [0.05, 0.1) is 12.0 Å². The van der Waals surface area contributed by atoms with Crippen molar-refractivity contribution in [2.45, 2.75) is 61.8 Å². The van der Waals surface area contributed by atoms with E-state index in [0.29, 0.717) is 11.8 Å². The van der Waals surface area contributed by atoms with Crippen molar-refractivity contribution in [1.29, 1.82) is 0 Å². The second kappa shape index (κ2) is 9.71. The fraction of sp³-hybridized carbons (Fsp3) is 0.571. The van der Waals surface area contributed by atoms with Gasteiger partial charge >= 0.3 is 0 Å². The molecule has 0 nitrogen and oxygen atoms in total. The minimum absolute atomic E-state index is 0.198. The van der Waals surface area contributed by atoms with Crippen molar-refractivity contribution < 1.29 is 0 Å². The van der Waals surface area contributed by atoms with Crippen LogP contribution in [0.5, 0.6) is 0 Å². The van der Waals surface area contributed by atoms with E-state index in [1.54, 1.807) is 0 Å². The molecule has 118 valence electrons. The molecule has 0 heteroatoms. The molecule has 0 aliphatic rings. The molecule has 0 aliphatic carbocycles. The highest BCUT2D eigenvalue weighted by Crippen LogP contribution is 2.29. The van der Waals surface area contributed by atoms with Crippen molar-refractivity contribution in [1.82, 2.24) is 0 Å². The normalized spacial score (nSPS) is 14.5. The van der Waals surface area contributed by atoms with Gasteiger partial charge in [-0.1, -0.05) is 63.6 Å². The van der Waals surface area contributed by atoms with Crippen molar-refractivity contribution in [3.63, 3.8) is 0 Å². The van der Waals surface area contributed by atoms with Gasteiger partial charge in [-0.2, -0.15) is 0 Å². The zero-order valence-corrected chi connectivity index (χ0v) is 15.4. The molecule has 0 aromatic heterocycles. The van der Waals surface area contributed by atoms with Crippen LogP contribution in [0, 0.1) is 23.2 Å². The molecule has 0 fully saturated rings. The molecule has 0 aromatic rings. The lowest BCUT2D eigenvalue weighted by molar-refractivity contribution is 0.457. The van der Waals surface area contributed by atoms with Crippen molar-refractivity contribution >= 4 is 0 Å². The van der Waals surface area contributed by atoms with Crippen LogP contribution in [0.4, 0.5) is 0 Å². The second-order valence-electron chi connectivity index (χ2n) is 7.49. The third-order valence-corrected chi connectivity index (χ3v) is 3.15. The quantitative estimate of drug-likeness (QED) is 0.335. The minimum Gasteiger partial charge on any atom is -0.0817 e. The van der Waals surface area contributed by atoms with Gasteiger partial charge in [0.1, 0.15) is 0 Å². The topological polar surface area (TPSA) is 0 Å². The third kappa shape index (κ3) is 12.3. The van der Waals surface area contributed by atoms with E-state index in [4.69, 9.17) is 0 Å². The first kappa shape index (κ1) is 19.8. The zero-order valence-electron chi connectivity index (χ0n) is 15.4. The molecule has 0 unspecified atom stereocenters. The van der Waals surface area contributed by atoms with Crippen molar-refractivity contribution in [3.8, 4) is 0 Å². The van der Waals surface area contributed by atoms with Crippen LogP contribution in [-0.4, -0.2) is 0 Å². The first-order valence-corrected chi connectivity index (χ1v) is 8.17. The van der Waals surface area contributed by atoms with Crippen LogP contribution in [0.2, 0.25) is 0 Å². The summed E-state index contributed by atoms with van der Waals surface area (Å²) >= 11 is 0. The van der Waals surface area contributed by atoms with Crippen molar-refractivity contribution in [3.05, 3.63) is 54.0 Å². The Morgan fingerprint density at radius 1 is 1.05 bits per heavy atom. The standard InChI is InChI=1S/C21H35/c1-17(2)11-13-19(5)10-9-15-21(7,8)16-20(6)14-12-18(3)4/h9-15,17-18H,16H2,1-8H3/q+1/b13-11+,14-12+,15-9+,19-10+. The average molecular weight is 288 g/mol. The summed E-state index contributed by atoms with van der Waals surface area (Å²) in [6.07, 6.45) is 16.8. The Balaban J connectivity index is 4.52. The lowest BCUT2D eigenvalue weighted by atomic mass is 9.82. The number of rotatable bonds is 8. The van der Waals surface area contributed by atoms with Gasteiger partial charge in [0.25, 0.3) is 0 Å². The van der Waals surface area contributed by atoms with Crippen LogP contribution in [0.25, 0.3) is 0 Å². The molecular formula is C21H35+. The maximum Gasteiger partial charge on any atom is 0.0921 e. The molecule has 0 radical (unpaired) electrons. The van der Waals surface area contributed by atoms with Gasteiger partial charge in [-0.3, -0.25) is 0 Å². The predicted molar refractivity (Wildman–Crippen MR) is 98.2 cm³/mol. The van der Waals surface area contributed by atoms with Crippen LogP contribution in [0.15, 0.2) is 48.1 Å². The molecule has 0 atom stereocenters. The van der Waals surface area contributed by atoms with E-state index in [-0.39, 0.29) is 5.41 Å². The fourth-order valence-electron chi connectivity index (χ4n) is 2.05. The monoisotopic (exact) mass is 287 g/mol. The van der Waals surface area contributed by atoms with E-state index in [1.807, 2.05) is 0 Å². The Hall–Kier alpha value is -1.17. The summed E-state index contributed by atoms with van der Waals surface area (Å²) in [6, 6.07) is 0. The summed E-state index contributed by atoms with van der Waals surface area (Å²) in [4.78, 5) is 0. The molecule has 0 spiro atoms. The second-order valence-corrected chi connectivity index (χ2v) is 7.49. The molecule has 0 saturated heterocycles. The van der Waals surface area contributed by atoms with Gasteiger partial charge in [-0.05, 0) is 26.7 Å². The highest BCUT2D eigenvalue weighted by molar-refractivity contribution is 5.23. The van der Waals surface area contributed by atoms with Crippen LogP contribution in [0.3, 0.4) is 0 Å². The molecule has 0 saturated carbocycles. The Kier molecular flexibility index (Phi) is 9.17. The Labute approximate surface area is 133 Å². The Morgan fingerprint density at radius 3 is 2.14 bits per heavy atom. The highest BCUT2D eigenvalue weighted by Gasteiger charge is 2.20. The Bertz CT molecular complexity index is 386. The molecule has 0 rings (SSSR count). The predicted octanol–water partition coefficient (Wildman–Crippen LogP) is 6.92. The van der Waals surface area contributed by atoms with Gasteiger partial charge in [-0.15, -0.1) is 0 Å². The van der Waals surface area contributed by atoms with Gasteiger partial charge in [0, 0.05) is 30.8 Å². The molecule has 21 heavy (non-hydrogen) atoms. The highest BCUT2D eigenvalue weighted by atomic mass is 14.2. The molecule has 0 heterocycles. The molecule has 0 aromatic carbocycles. The lowest BCUT2D eigenvalue weighted by Gasteiger charge is -2.19. The van der Waals surface area contributed by atoms with Gasteiger partial charge in [0.2, 0.25) is 0 Å². The summed E-state index contributed by atoms with van der Waals surface area (Å²) in [5.41, 5.74) is 1.50. The first-order chi connectivity index (χ1) is 9.62. The molecule has 0 amide bonds. The van der Waals surface area contributed by atoms with E-state index in [0.717, 1.165) is 6.42 Å². The summed E-state index contributed by atoms with van der Waals surface area (Å²) in [5.74, 6) is 2.68. The van der Waals surface area contributed by atoms with Gasteiger partial charge in [-0.25, -0.2) is 0 Å². The minimum atomic E-state index is 0.198. The summed E-state index contributed by atoms with van der Waals surface area (Å²) < 4.78 is 0. The summed E-state index contributed by atoms with van der Waals surface area (Å²) in [7, 11) is 0. The SMILES string of the molecule is CC(/C=C/C(C)C)=C\C=C\C(C)(C)C[C+](C)/C=C/C(C)C. The maximum atomic E-state index is 2.31. The number of hydrogen-bond acceptors (Lipinski definition) is 0. The zero-order chi connectivity index (χ0) is 16.5. The summed E-state index contributed by atoms with van der Waals surface area (Å²) in [6.45, 7) is 17.8. The van der Waals surface area contributed by atoms with E-state index in [2.05, 4.69) is 97.9 Å². The maximum absolute atomic E-state index is 2.31. The van der Waals surface area contributed by atoms with E-state index < -0.39 is 0 Å². The molecule has 0 bridgehead atoms. The third-order valence-electron chi connectivity index (χ3n) is 3.15. The van der Waals surface area contributed by atoms with Crippen LogP contribution in [-0.2, 0) is 0 Å². The summed E-state index contributed by atoms with van der Waals surface area (Å²) in [5, 5.41) is 0. The Morgan fingerprint density at radius 2 is 1.62 bits per heavy atom. The lowest BCUT2D eigenvalue weighted by Crippen LogP contribution is -2.10. The van der Waals surface area contributed by atoms with Crippen LogP contribution in [0.1, 0.15) is 61.8 Å². The molecular weight excluding hydrogens is 252 g/mol.